The number of hydrogen-bond acceptors (Lipinski definition) is 6. The van der Waals surface area contributed by atoms with E-state index in [9.17, 15) is 19.5 Å². The van der Waals surface area contributed by atoms with Gasteiger partial charge in [-0.15, -0.1) is 0 Å². The number of rotatable bonds is 9. The molecule has 2 aromatic rings. The van der Waals surface area contributed by atoms with Crippen molar-refractivity contribution in [1.29, 1.82) is 0 Å². The standard InChI is InChI=1S/C34H44N4O5/c1-3-4-20-38-32(41)29(30(39)25-8-6-5-7-9-25)36-33(42)34(38)18-21-37(22-19-34)23-24-10-14-27(15-11-24)43-28-16-12-26(13-17-28)31(40)35-2/h3-4,10-17,25,29-30,39H,5-9,18-23H2,1-2H3,(H,35,40)(H,36,42)/t29-,30-/m1/s1. The molecule has 1 spiro atoms. The van der Waals surface area contributed by atoms with Crippen LogP contribution in [0.15, 0.2) is 60.7 Å². The Hall–Kier alpha value is -3.69. The first kappa shape index (κ1) is 30.8. The fourth-order valence-electron chi connectivity index (χ4n) is 6.75. The summed E-state index contributed by atoms with van der Waals surface area (Å²) in [6.45, 7) is 4.37. The van der Waals surface area contributed by atoms with Crippen LogP contribution in [0.25, 0.3) is 0 Å². The first-order valence-electron chi connectivity index (χ1n) is 15.6. The van der Waals surface area contributed by atoms with Gasteiger partial charge in [-0.25, -0.2) is 0 Å². The maximum Gasteiger partial charge on any atom is 0.251 e. The third kappa shape index (κ3) is 6.78. The molecule has 0 aromatic heterocycles. The highest BCUT2D eigenvalue weighted by molar-refractivity contribution is 6.00. The van der Waals surface area contributed by atoms with Crippen LogP contribution < -0.4 is 15.4 Å². The molecule has 3 aliphatic rings. The van der Waals surface area contributed by atoms with Gasteiger partial charge in [0, 0.05) is 38.8 Å². The zero-order valence-corrected chi connectivity index (χ0v) is 25.3. The second-order valence-corrected chi connectivity index (χ2v) is 12.0. The van der Waals surface area contributed by atoms with Gasteiger partial charge in [0.2, 0.25) is 11.8 Å². The molecule has 0 bridgehead atoms. The van der Waals surface area contributed by atoms with Crippen LogP contribution in [0.2, 0.25) is 0 Å². The highest BCUT2D eigenvalue weighted by Gasteiger charge is 2.55. The SMILES string of the molecule is CC=CCN1C(=O)[C@@H]([C@H](O)C2CCCCC2)NC(=O)C12CCN(Cc1ccc(Oc3ccc(C(=O)NC)cc3)cc1)CC2. The van der Waals surface area contributed by atoms with E-state index >= 15 is 0 Å². The summed E-state index contributed by atoms with van der Waals surface area (Å²) >= 11 is 0. The second kappa shape index (κ2) is 13.7. The molecule has 0 radical (unpaired) electrons. The molecule has 2 heterocycles. The van der Waals surface area contributed by atoms with Crippen molar-refractivity contribution in [3.05, 3.63) is 71.8 Å². The Balaban J connectivity index is 1.20. The molecular formula is C34H44N4O5. The second-order valence-electron chi connectivity index (χ2n) is 12.0. The lowest BCUT2D eigenvalue weighted by Gasteiger charge is -2.52. The molecule has 1 aliphatic carbocycles. The van der Waals surface area contributed by atoms with Crippen LogP contribution in [0.4, 0.5) is 0 Å². The van der Waals surface area contributed by atoms with Crippen LogP contribution in [0.5, 0.6) is 11.5 Å². The average Bonchev–Trinajstić information content (AvgIpc) is 3.04. The summed E-state index contributed by atoms with van der Waals surface area (Å²) in [6.07, 6.45) is 9.14. The summed E-state index contributed by atoms with van der Waals surface area (Å²) in [6, 6.07) is 14.0. The van der Waals surface area contributed by atoms with E-state index in [1.807, 2.05) is 43.3 Å². The van der Waals surface area contributed by atoms with E-state index in [2.05, 4.69) is 15.5 Å². The molecule has 230 valence electrons. The highest BCUT2D eigenvalue weighted by Crippen LogP contribution is 2.36. The Labute approximate surface area is 254 Å². The van der Waals surface area contributed by atoms with Crippen LogP contribution in [-0.4, -0.2) is 77.0 Å². The Morgan fingerprint density at radius 1 is 1.05 bits per heavy atom. The molecule has 9 nitrogen and oxygen atoms in total. The number of aliphatic hydroxyl groups excluding tert-OH is 1. The highest BCUT2D eigenvalue weighted by atomic mass is 16.5. The van der Waals surface area contributed by atoms with Crippen molar-refractivity contribution in [3.8, 4) is 11.5 Å². The number of carbonyl (C=O) groups excluding carboxylic acids is 3. The molecule has 2 atom stereocenters. The molecule has 2 aliphatic heterocycles. The van der Waals surface area contributed by atoms with E-state index in [1.54, 1.807) is 36.2 Å². The lowest BCUT2D eigenvalue weighted by atomic mass is 9.78. The minimum atomic E-state index is -0.902. The number of allylic oxidation sites excluding steroid dienone is 1. The van der Waals surface area contributed by atoms with Crippen molar-refractivity contribution in [3.63, 3.8) is 0 Å². The van der Waals surface area contributed by atoms with E-state index < -0.39 is 17.7 Å². The van der Waals surface area contributed by atoms with E-state index in [0.717, 1.165) is 44.2 Å². The van der Waals surface area contributed by atoms with Gasteiger partial charge in [-0.1, -0.05) is 43.5 Å². The number of carbonyl (C=O) groups is 3. The fraction of sp³-hybridized carbons (Fsp3) is 0.500. The van der Waals surface area contributed by atoms with Gasteiger partial charge in [-0.2, -0.15) is 0 Å². The van der Waals surface area contributed by atoms with Crippen molar-refractivity contribution < 1.29 is 24.2 Å². The lowest BCUT2D eigenvalue weighted by Crippen LogP contribution is -2.74. The van der Waals surface area contributed by atoms with E-state index in [4.69, 9.17) is 4.74 Å². The van der Waals surface area contributed by atoms with Crippen LogP contribution in [0.3, 0.4) is 0 Å². The molecule has 5 rings (SSSR count). The normalized spacial score (nSPS) is 22.0. The zero-order valence-electron chi connectivity index (χ0n) is 25.3. The Morgan fingerprint density at radius 2 is 1.67 bits per heavy atom. The van der Waals surface area contributed by atoms with Crippen molar-refractivity contribution in [2.45, 2.75) is 76.1 Å². The van der Waals surface area contributed by atoms with Crippen molar-refractivity contribution in [2.24, 2.45) is 5.92 Å². The Kier molecular flexibility index (Phi) is 9.82. The largest absolute Gasteiger partial charge is 0.457 e. The van der Waals surface area contributed by atoms with Crippen molar-refractivity contribution in [1.82, 2.24) is 20.4 Å². The van der Waals surface area contributed by atoms with Gasteiger partial charge in [0.1, 0.15) is 23.1 Å². The van der Waals surface area contributed by atoms with Gasteiger partial charge in [-0.05, 0) is 80.5 Å². The van der Waals surface area contributed by atoms with Gasteiger partial charge in [0.25, 0.3) is 5.91 Å². The molecular weight excluding hydrogens is 544 g/mol. The van der Waals surface area contributed by atoms with E-state index in [1.165, 1.54) is 0 Å². The minimum Gasteiger partial charge on any atom is -0.457 e. The molecule has 2 saturated heterocycles. The maximum atomic E-state index is 13.8. The fourth-order valence-corrected chi connectivity index (χ4v) is 6.75. The van der Waals surface area contributed by atoms with E-state index in [0.29, 0.717) is 49.5 Å². The summed E-state index contributed by atoms with van der Waals surface area (Å²) in [7, 11) is 1.60. The van der Waals surface area contributed by atoms with Crippen molar-refractivity contribution in [2.75, 3.05) is 26.7 Å². The molecule has 0 unspecified atom stereocenters. The summed E-state index contributed by atoms with van der Waals surface area (Å²) in [5.41, 5.74) is 0.801. The number of aliphatic hydroxyl groups is 1. The number of piperazine rings is 1. The Morgan fingerprint density at radius 3 is 2.28 bits per heavy atom. The lowest BCUT2D eigenvalue weighted by molar-refractivity contribution is -0.164. The average molecular weight is 589 g/mol. The third-order valence-electron chi connectivity index (χ3n) is 9.35. The zero-order chi connectivity index (χ0) is 30.4. The molecule has 3 fully saturated rings. The maximum absolute atomic E-state index is 13.8. The van der Waals surface area contributed by atoms with Crippen LogP contribution in [0.1, 0.15) is 67.8 Å². The molecule has 3 N–H and O–H groups in total. The number of likely N-dealkylation sites (tertiary alicyclic amines) is 1. The number of hydrogen-bond donors (Lipinski definition) is 3. The van der Waals surface area contributed by atoms with Crippen LogP contribution in [0, 0.1) is 5.92 Å². The quantitative estimate of drug-likeness (QED) is 0.382. The third-order valence-corrected chi connectivity index (χ3v) is 9.35. The topological polar surface area (TPSA) is 111 Å². The molecule has 43 heavy (non-hydrogen) atoms. The number of nitrogens with zero attached hydrogens (tertiary/aromatic N) is 2. The van der Waals surface area contributed by atoms with Crippen LogP contribution >= 0.6 is 0 Å². The van der Waals surface area contributed by atoms with Gasteiger partial charge in [-0.3, -0.25) is 19.3 Å². The van der Waals surface area contributed by atoms with Gasteiger partial charge >= 0.3 is 0 Å². The van der Waals surface area contributed by atoms with Gasteiger partial charge < -0.3 is 25.4 Å². The molecule has 1 saturated carbocycles. The molecule has 2 aromatic carbocycles. The smallest absolute Gasteiger partial charge is 0.251 e. The predicted octanol–water partition coefficient (Wildman–Crippen LogP) is 4.02. The summed E-state index contributed by atoms with van der Waals surface area (Å²) < 4.78 is 5.95. The number of benzene rings is 2. The number of nitrogens with one attached hydrogen (secondary N) is 2. The predicted molar refractivity (Wildman–Crippen MR) is 165 cm³/mol. The van der Waals surface area contributed by atoms with Crippen LogP contribution in [-0.2, 0) is 16.1 Å². The first-order chi connectivity index (χ1) is 20.8. The van der Waals surface area contributed by atoms with Crippen molar-refractivity contribution >= 4 is 17.7 Å². The summed E-state index contributed by atoms with van der Waals surface area (Å²) in [5.74, 6) is 0.963. The van der Waals surface area contributed by atoms with Gasteiger partial charge in [0.15, 0.2) is 0 Å². The molecule has 3 amide bonds. The Bertz CT molecular complexity index is 1300. The first-order valence-corrected chi connectivity index (χ1v) is 15.6. The number of piperidine rings is 1. The summed E-state index contributed by atoms with van der Waals surface area (Å²) in [4.78, 5) is 43.3. The summed E-state index contributed by atoms with van der Waals surface area (Å²) in [5, 5.41) is 16.7. The molecule has 9 heteroatoms. The van der Waals surface area contributed by atoms with Gasteiger partial charge in [0.05, 0.1) is 6.10 Å². The van der Waals surface area contributed by atoms with E-state index in [-0.39, 0.29) is 23.6 Å². The monoisotopic (exact) mass is 588 g/mol. The minimum absolute atomic E-state index is 0.0498. The number of ether oxygens (including phenoxy) is 1. The number of amides is 3.